The van der Waals surface area contributed by atoms with Gasteiger partial charge in [-0.25, -0.2) is 13.4 Å². The molecule has 4 aromatic rings. The van der Waals surface area contributed by atoms with E-state index in [1.54, 1.807) is 24.3 Å². The van der Waals surface area contributed by atoms with Gasteiger partial charge >= 0.3 is 0 Å². The van der Waals surface area contributed by atoms with Crippen LogP contribution in [0.4, 0.5) is 5.69 Å². The highest BCUT2D eigenvalue weighted by Gasteiger charge is 2.20. The van der Waals surface area contributed by atoms with Crippen LogP contribution in [0.25, 0.3) is 11.0 Å². The number of benzene rings is 3. The van der Waals surface area contributed by atoms with Crippen LogP contribution < -0.4 is 16.2 Å². The summed E-state index contributed by atoms with van der Waals surface area (Å²) in [6, 6.07) is 19.8. The minimum absolute atomic E-state index is 0.0179. The smallest absolute Gasteiger partial charge is 0.262 e. The monoisotopic (exact) mass is 589 g/mol. The van der Waals surface area contributed by atoms with Gasteiger partial charge < -0.3 is 20.9 Å². The molecule has 0 fully saturated rings. The van der Waals surface area contributed by atoms with Crippen molar-refractivity contribution in [3.8, 4) is 0 Å². The summed E-state index contributed by atoms with van der Waals surface area (Å²) < 4.78 is 31.7. The molecule has 0 spiro atoms. The Kier molecular flexibility index (Phi) is 9.97. The van der Waals surface area contributed by atoms with Crippen LogP contribution in [0.1, 0.15) is 42.8 Å². The number of nitrogens with two attached hydrogens (primary N) is 2. The molecule has 0 aliphatic rings. The summed E-state index contributed by atoms with van der Waals surface area (Å²) in [5.41, 5.74) is 15.3. The molecule has 1 amide bonds. The predicted octanol–water partition coefficient (Wildman–Crippen LogP) is 3.67. The summed E-state index contributed by atoms with van der Waals surface area (Å²) >= 11 is 0. The van der Waals surface area contributed by atoms with Crippen LogP contribution in [0.2, 0.25) is 0 Å². The third-order valence-electron chi connectivity index (χ3n) is 7.42. The Morgan fingerprint density at radius 2 is 1.69 bits per heavy atom. The van der Waals surface area contributed by atoms with Gasteiger partial charge in [0.2, 0.25) is 5.91 Å². The van der Waals surface area contributed by atoms with Crippen molar-refractivity contribution in [3.63, 3.8) is 0 Å². The Labute approximate surface area is 247 Å². The fourth-order valence-corrected chi connectivity index (χ4v) is 6.33. The van der Waals surface area contributed by atoms with E-state index in [4.69, 9.17) is 21.9 Å². The van der Waals surface area contributed by atoms with E-state index in [1.165, 1.54) is 0 Å². The van der Waals surface area contributed by atoms with Gasteiger partial charge in [-0.15, -0.1) is 0 Å². The summed E-state index contributed by atoms with van der Waals surface area (Å²) in [5.74, 6) is 0.375. The first-order valence-electron chi connectivity index (χ1n) is 14.1. The van der Waals surface area contributed by atoms with E-state index in [0.717, 1.165) is 42.1 Å². The molecule has 1 aromatic heterocycles. The first-order chi connectivity index (χ1) is 20.1. The van der Waals surface area contributed by atoms with Crippen molar-refractivity contribution in [3.05, 3.63) is 89.2 Å². The third-order valence-corrected chi connectivity index (χ3v) is 8.90. The summed E-state index contributed by atoms with van der Waals surface area (Å²) in [6.07, 6.45) is 2.06. The Morgan fingerprint density at radius 1 is 0.976 bits per heavy atom. The molecule has 3 aromatic carbocycles. The van der Waals surface area contributed by atoms with Crippen LogP contribution in [0.15, 0.2) is 71.6 Å². The first-order valence-corrected chi connectivity index (χ1v) is 15.6. The quantitative estimate of drug-likeness (QED) is 0.122. The summed E-state index contributed by atoms with van der Waals surface area (Å²) in [6.45, 7) is 7.15. The van der Waals surface area contributed by atoms with E-state index < -0.39 is 15.9 Å². The molecule has 0 saturated carbocycles. The van der Waals surface area contributed by atoms with E-state index >= 15 is 0 Å². The van der Waals surface area contributed by atoms with Crippen molar-refractivity contribution in [2.75, 3.05) is 24.4 Å². The molecule has 11 heteroatoms. The number of anilines is 1. The van der Waals surface area contributed by atoms with Gasteiger partial charge in [-0.2, -0.15) is 0 Å². The minimum Gasteiger partial charge on any atom is -0.384 e. The number of rotatable bonds is 15. The number of fused-ring (bicyclic) bond motifs is 1. The molecule has 0 saturated heterocycles. The zero-order chi connectivity index (χ0) is 30.3. The van der Waals surface area contributed by atoms with E-state index in [2.05, 4.69) is 23.5 Å². The molecule has 42 heavy (non-hydrogen) atoms. The Morgan fingerprint density at radius 3 is 2.36 bits per heavy atom. The van der Waals surface area contributed by atoms with Gasteiger partial charge in [0.25, 0.3) is 10.0 Å². The normalized spacial score (nSPS) is 11.7. The molecule has 0 atom stereocenters. The van der Waals surface area contributed by atoms with Gasteiger partial charge in [-0.1, -0.05) is 56.3 Å². The van der Waals surface area contributed by atoms with Gasteiger partial charge in [0, 0.05) is 31.5 Å². The predicted molar refractivity (Wildman–Crippen MR) is 167 cm³/mol. The van der Waals surface area contributed by atoms with Crippen molar-refractivity contribution >= 4 is 38.5 Å². The molecule has 0 aliphatic heterocycles. The number of carbonyl (C=O) groups excluding carboxylic acids is 1. The van der Waals surface area contributed by atoms with E-state index in [1.807, 2.05) is 47.0 Å². The second kappa shape index (κ2) is 13.6. The Bertz CT molecular complexity index is 1660. The molecular formula is C31H39N7O3S. The van der Waals surface area contributed by atoms with Gasteiger partial charge in [-0.05, 0) is 61.3 Å². The summed E-state index contributed by atoms with van der Waals surface area (Å²) in [7, 11) is -3.84. The lowest BCUT2D eigenvalue weighted by Crippen LogP contribution is -2.26. The number of nitrogens with one attached hydrogen (secondary N) is 2. The van der Waals surface area contributed by atoms with E-state index in [0.29, 0.717) is 42.6 Å². The number of aryl methyl sites for hydroxylation is 3. The molecular weight excluding hydrogens is 550 g/mol. The number of amidine groups is 1. The fraction of sp³-hybridized carbons (Fsp3) is 0.323. The van der Waals surface area contributed by atoms with Gasteiger partial charge in [0.05, 0.1) is 21.6 Å². The number of sulfonamides is 1. The van der Waals surface area contributed by atoms with Crippen LogP contribution in [-0.4, -0.2) is 54.2 Å². The second-order valence-corrected chi connectivity index (χ2v) is 11.9. The minimum atomic E-state index is -3.84. The largest absolute Gasteiger partial charge is 0.384 e. The van der Waals surface area contributed by atoms with Crippen LogP contribution in [-0.2, 0) is 40.6 Å². The highest BCUT2D eigenvalue weighted by atomic mass is 32.2. The van der Waals surface area contributed by atoms with Crippen molar-refractivity contribution in [1.29, 1.82) is 5.41 Å². The van der Waals surface area contributed by atoms with Crippen molar-refractivity contribution in [2.24, 2.45) is 11.5 Å². The fourth-order valence-electron chi connectivity index (χ4n) is 5.01. The average Bonchev–Trinajstić information content (AvgIpc) is 3.32. The van der Waals surface area contributed by atoms with Crippen LogP contribution in [0, 0.1) is 5.41 Å². The molecule has 222 valence electrons. The highest BCUT2D eigenvalue weighted by Crippen LogP contribution is 2.25. The number of amides is 1. The summed E-state index contributed by atoms with van der Waals surface area (Å²) in [5, 5.41) is 7.58. The molecule has 0 bridgehead atoms. The van der Waals surface area contributed by atoms with Gasteiger partial charge in [-0.3, -0.25) is 14.9 Å². The number of hydrogen-bond acceptors (Lipinski definition) is 6. The molecule has 0 radical (unpaired) electrons. The Hall–Kier alpha value is -4.22. The maximum absolute atomic E-state index is 13.5. The second-order valence-electron chi connectivity index (χ2n) is 10.2. The lowest BCUT2D eigenvalue weighted by molar-refractivity contribution is -0.118. The lowest BCUT2D eigenvalue weighted by Gasteiger charge is -2.19. The number of likely N-dealkylation sites (N-methyl/N-ethyl adjacent to an activating group) is 1. The van der Waals surface area contributed by atoms with Crippen molar-refractivity contribution in [1.82, 2.24) is 14.5 Å². The number of nitrogens with zero attached hydrogens (tertiary/aromatic N) is 3. The topological polar surface area (TPSA) is 160 Å². The molecule has 10 nitrogen and oxygen atoms in total. The molecule has 0 unspecified atom stereocenters. The Balaban J connectivity index is 1.58. The van der Waals surface area contributed by atoms with Gasteiger partial charge in [0.1, 0.15) is 11.7 Å². The number of carbonyl (C=O) groups is 1. The van der Waals surface area contributed by atoms with Crippen LogP contribution in [0.3, 0.4) is 0 Å². The van der Waals surface area contributed by atoms with Crippen LogP contribution >= 0.6 is 0 Å². The van der Waals surface area contributed by atoms with Gasteiger partial charge in [0.15, 0.2) is 0 Å². The highest BCUT2D eigenvalue weighted by molar-refractivity contribution is 7.92. The molecule has 1 heterocycles. The van der Waals surface area contributed by atoms with Crippen LogP contribution in [0.5, 0.6) is 0 Å². The number of nitrogen functional groups attached to an aromatic ring is 1. The molecule has 4 rings (SSSR count). The van der Waals surface area contributed by atoms with E-state index in [-0.39, 0.29) is 17.2 Å². The SMILES string of the molecule is CCN(CC)CCc1ccccc1S(=O)(=O)Nc1ccc2c(c1)nc(CCc1ccc(C(=N)N)cc1)n2CCC(N)=O. The number of imidazole rings is 1. The number of hydrogen-bond donors (Lipinski definition) is 4. The van der Waals surface area contributed by atoms with E-state index in [9.17, 15) is 13.2 Å². The number of aromatic nitrogens is 2. The third kappa shape index (κ3) is 7.54. The molecule has 6 N–H and O–H groups in total. The van der Waals surface area contributed by atoms with Crippen molar-refractivity contribution in [2.45, 2.75) is 51.0 Å². The average molecular weight is 590 g/mol. The number of primary amides is 1. The van der Waals surface area contributed by atoms with Crippen molar-refractivity contribution < 1.29 is 13.2 Å². The zero-order valence-corrected chi connectivity index (χ0v) is 25.0. The lowest BCUT2D eigenvalue weighted by atomic mass is 10.1. The standard InChI is InChI=1S/C31H39N7O3S/c1-3-37(4-2)19-17-23-7-5-6-8-28(23)42(40,41)36-25-14-15-27-26(21-25)35-30(38(27)20-18-29(32)39)16-11-22-9-12-24(13-10-22)31(33)34/h5-10,12-15,21,36H,3-4,11,16-20H2,1-2H3,(H2,32,39)(H3,33,34). The maximum Gasteiger partial charge on any atom is 0.262 e. The first kappa shape index (κ1) is 30.7. The summed E-state index contributed by atoms with van der Waals surface area (Å²) in [4.78, 5) is 18.9. The maximum atomic E-state index is 13.5. The molecule has 0 aliphatic carbocycles. The zero-order valence-electron chi connectivity index (χ0n) is 24.1.